The average Bonchev–Trinajstić information content (AvgIpc) is 3.18. The third-order valence-electron chi connectivity index (χ3n) is 4.37. The topological polar surface area (TPSA) is 62.3 Å². The van der Waals surface area contributed by atoms with Crippen molar-refractivity contribution in [2.24, 2.45) is 5.92 Å². The van der Waals surface area contributed by atoms with E-state index < -0.39 is 0 Å². The van der Waals surface area contributed by atoms with Crippen LogP contribution in [0.5, 0.6) is 0 Å². The van der Waals surface area contributed by atoms with Gasteiger partial charge in [-0.2, -0.15) is 0 Å². The number of aromatic nitrogens is 1. The number of carbonyl (C=O) groups excluding carboxylic acids is 2. The van der Waals surface area contributed by atoms with Crippen molar-refractivity contribution in [3.05, 3.63) is 54.1 Å². The number of hydrogen-bond acceptors (Lipinski definition) is 4. The van der Waals surface area contributed by atoms with E-state index >= 15 is 0 Å². The number of para-hydroxylation sites is 1. The molecule has 1 aliphatic heterocycles. The van der Waals surface area contributed by atoms with E-state index in [1.165, 1.54) is 11.3 Å². The number of amides is 2. The highest BCUT2D eigenvalue weighted by Crippen LogP contribution is 2.29. The van der Waals surface area contributed by atoms with Gasteiger partial charge < -0.3 is 10.2 Å². The average molecular weight is 351 g/mol. The minimum absolute atomic E-state index is 0.0201. The smallest absolute Gasteiger partial charge is 0.231 e. The Bertz CT molecular complexity index is 916. The Kier molecular flexibility index (Phi) is 3.97. The molecule has 1 N–H and O–H groups in total. The molecule has 0 unspecified atom stereocenters. The molecule has 3 aromatic rings. The number of carbonyl (C=O) groups is 2. The van der Waals surface area contributed by atoms with Gasteiger partial charge in [0.25, 0.3) is 0 Å². The van der Waals surface area contributed by atoms with Crippen LogP contribution in [0.4, 0.5) is 10.8 Å². The Morgan fingerprint density at radius 1 is 1.20 bits per heavy atom. The molecule has 6 heteroatoms. The molecule has 1 saturated heterocycles. The van der Waals surface area contributed by atoms with Crippen LogP contribution in [-0.2, 0) is 9.59 Å². The van der Waals surface area contributed by atoms with E-state index in [1.807, 2.05) is 55.5 Å². The standard InChI is InChI=1S/C19H17N3O2S/c1-12-6-8-14(9-7-12)22-11-13(10-17(22)23)18(24)21-19-20-15-4-2-3-5-16(15)25-19/h2-9,13H,10-11H2,1H3,(H,20,21,24)/t13-/m0/s1. The van der Waals surface area contributed by atoms with Crippen molar-refractivity contribution in [2.45, 2.75) is 13.3 Å². The summed E-state index contributed by atoms with van der Waals surface area (Å²) in [6.45, 7) is 2.41. The Morgan fingerprint density at radius 3 is 2.72 bits per heavy atom. The molecular weight excluding hydrogens is 334 g/mol. The maximum absolute atomic E-state index is 12.5. The number of nitrogens with one attached hydrogen (secondary N) is 1. The van der Waals surface area contributed by atoms with Crippen molar-refractivity contribution in [1.82, 2.24) is 4.98 Å². The molecule has 1 aromatic heterocycles. The fraction of sp³-hybridized carbons (Fsp3) is 0.211. The van der Waals surface area contributed by atoms with E-state index in [0.717, 1.165) is 21.5 Å². The molecule has 1 fully saturated rings. The minimum Gasteiger partial charge on any atom is -0.312 e. The third kappa shape index (κ3) is 3.13. The van der Waals surface area contributed by atoms with Crippen molar-refractivity contribution in [3.8, 4) is 0 Å². The summed E-state index contributed by atoms with van der Waals surface area (Å²) in [5.74, 6) is -0.531. The van der Waals surface area contributed by atoms with Gasteiger partial charge in [-0.05, 0) is 31.2 Å². The van der Waals surface area contributed by atoms with Gasteiger partial charge >= 0.3 is 0 Å². The zero-order chi connectivity index (χ0) is 17.4. The molecule has 0 radical (unpaired) electrons. The summed E-state index contributed by atoms with van der Waals surface area (Å²) >= 11 is 1.44. The van der Waals surface area contributed by atoms with E-state index in [0.29, 0.717) is 11.7 Å². The number of fused-ring (bicyclic) bond motifs is 1. The number of rotatable bonds is 3. The van der Waals surface area contributed by atoms with Crippen LogP contribution in [0.2, 0.25) is 0 Å². The predicted molar refractivity (Wildman–Crippen MR) is 99.9 cm³/mol. The van der Waals surface area contributed by atoms with Crippen LogP contribution >= 0.6 is 11.3 Å². The lowest BCUT2D eigenvalue weighted by Gasteiger charge is -2.16. The lowest BCUT2D eigenvalue weighted by atomic mass is 10.1. The highest BCUT2D eigenvalue weighted by molar-refractivity contribution is 7.22. The van der Waals surface area contributed by atoms with Gasteiger partial charge in [0.1, 0.15) is 0 Å². The summed E-state index contributed by atoms with van der Waals surface area (Å²) in [5, 5.41) is 3.44. The van der Waals surface area contributed by atoms with E-state index in [4.69, 9.17) is 0 Å². The molecule has 2 heterocycles. The molecule has 0 spiro atoms. The summed E-state index contributed by atoms with van der Waals surface area (Å²) in [6.07, 6.45) is 0.227. The van der Waals surface area contributed by atoms with E-state index in [2.05, 4.69) is 10.3 Å². The zero-order valence-corrected chi connectivity index (χ0v) is 14.5. The van der Waals surface area contributed by atoms with E-state index in [9.17, 15) is 9.59 Å². The molecule has 2 aromatic carbocycles. The molecule has 5 nitrogen and oxygen atoms in total. The largest absolute Gasteiger partial charge is 0.312 e. The summed E-state index contributed by atoms with van der Waals surface area (Å²) < 4.78 is 1.03. The predicted octanol–water partition coefficient (Wildman–Crippen LogP) is 3.60. The maximum Gasteiger partial charge on any atom is 0.231 e. The first-order valence-corrected chi connectivity index (χ1v) is 8.95. The van der Waals surface area contributed by atoms with Gasteiger partial charge in [0, 0.05) is 18.7 Å². The summed E-state index contributed by atoms with van der Waals surface area (Å²) in [5.41, 5.74) is 2.85. The zero-order valence-electron chi connectivity index (χ0n) is 13.7. The van der Waals surface area contributed by atoms with Crippen LogP contribution < -0.4 is 10.2 Å². The Labute approximate surface area is 149 Å². The maximum atomic E-state index is 12.5. The number of anilines is 2. The number of thiazole rings is 1. The third-order valence-corrected chi connectivity index (χ3v) is 5.32. The first-order chi connectivity index (χ1) is 12.1. The number of hydrogen-bond donors (Lipinski definition) is 1. The van der Waals surface area contributed by atoms with Gasteiger partial charge in [0.15, 0.2) is 5.13 Å². The van der Waals surface area contributed by atoms with Crippen molar-refractivity contribution in [3.63, 3.8) is 0 Å². The SMILES string of the molecule is Cc1ccc(N2C[C@@H](C(=O)Nc3nc4ccccc4s3)CC2=O)cc1. The van der Waals surface area contributed by atoms with Gasteiger partial charge in [0.05, 0.1) is 16.1 Å². The van der Waals surface area contributed by atoms with Crippen molar-refractivity contribution < 1.29 is 9.59 Å². The molecule has 0 aliphatic carbocycles. The van der Waals surface area contributed by atoms with Gasteiger partial charge in [-0.1, -0.05) is 41.2 Å². The number of aryl methyl sites for hydroxylation is 1. The molecule has 126 valence electrons. The Hall–Kier alpha value is -2.73. The molecule has 4 rings (SSSR count). The number of nitrogens with zero attached hydrogens (tertiary/aromatic N) is 2. The summed E-state index contributed by atoms with van der Waals surface area (Å²) in [4.78, 5) is 30.9. The van der Waals surface area contributed by atoms with Crippen molar-refractivity contribution in [1.29, 1.82) is 0 Å². The molecular formula is C19H17N3O2S. The van der Waals surface area contributed by atoms with Gasteiger partial charge in [-0.15, -0.1) is 0 Å². The normalized spacial score (nSPS) is 17.2. The summed E-state index contributed by atoms with van der Waals surface area (Å²) in [6, 6.07) is 15.5. The van der Waals surface area contributed by atoms with Crippen molar-refractivity contribution in [2.75, 3.05) is 16.8 Å². The van der Waals surface area contributed by atoms with Crippen molar-refractivity contribution >= 4 is 44.2 Å². The highest BCUT2D eigenvalue weighted by Gasteiger charge is 2.35. The van der Waals surface area contributed by atoms with Gasteiger partial charge in [-0.3, -0.25) is 9.59 Å². The first-order valence-electron chi connectivity index (χ1n) is 8.13. The van der Waals surface area contributed by atoms with Crippen LogP contribution in [0.25, 0.3) is 10.2 Å². The fourth-order valence-electron chi connectivity index (χ4n) is 2.99. The van der Waals surface area contributed by atoms with Crippen LogP contribution in [0.15, 0.2) is 48.5 Å². The highest BCUT2D eigenvalue weighted by atomic mass is 32.1. The molecule has 1 atom stereocenters. The summed E-state index contributed by atoms with van der Waals surface area (Å²) in [7, 11) is 0. The van der Waals surface area contributed by atoms with Crippen LogP contribution in [-0.4, -0.2) is 23.3 Å². The molecule has 1 aliphatic rings. The van der Waals surface area contributed by atoms with E-state index in [1.54, 1.807) is 4.90 Å². The quantitative estimate of drug-likeness (QED) is 0.784. The second-order valence-corrected chi connectivity index (χ2v) is 7.25. The molecule has 0 saturated carbocycles. The lowest BCUT2D eigenvalue weighted by Crippen LogP contribution is -2.28. The Morgan fingerprint density at radius 2 is 1.96 bits per heavy atom. The van der Waals surface area contributed by atoms with E-state index in [-0.39, 0.29) is 24.2 Å². The monoisotopic (exact) mass is 351 g/mol. The molecule has 25 heavy (non-hydrogen) atoms. The molecule has 0 bridgehead atoms. The van der Waals surface area contributed by atoms with Crippen LogP contribution in [0.3, 0.4) is 0 Å². The van der Waals surface area contributed by atoms with Crippen LogP contribution in [0.1, 0.15) is 12.0 Å². The minimum atomic E-state index is -0.360. The lowest BCUT2D eigenvalue weighted by molar-refractivity contribution is -0.122. The van der Waals surface area contributed by atoms with Gasteiger partial charge in [-0.25, -0.2) is 4.98 Å². The van der Waals surface area contributed by atoms with Crippen LogP contribution in [0, 0.1) is 12.8 Å². The second kappa shape index (κ2) is 6.29. The first kappa shape index (κ1) is 15.8. The second-order valence-electron chi connectivity index (χ2n) is 6.22. The number of benzene rings is 2. The van der Waals surface area contributed by atoms with Gasteiger partial charge in [0.2, 0.25) is 11.8 Å². The molecule has 2 amide bonds. The Balaban J connectivity index is 1.47. The fourth-order valence-corrected chi connectivity index (χ4v) is 3.86.